The molecule has 1 amide bonds. The molecule has 3 rings (SSSR count). The lowest BCUT2D eigenvalue weighted by Gasteiger charge is -2.27. The summed E-state index contributed by atoms with van der Waals surface area (Å²) in [6.07, 6.45) is 3.02. The molecule has 0 atom stereocenters. The number of benzene rings is 1. The minimum atomic E-state index is -0.162. The van der Waals surface area contributed by atoms with Crippen LogP contribution in [0.5, 0.6) is 0 Å². The molecule has 0 bridgehead atoms. The van der Waals surface area contributed by atoms with Gasteiger partial charge in [0.25, 0.3) is 5.91 Å². The van der Waals surface area contributed by atoms with Crippen molar-refractivity contribution in [1.82, 2.24) is 14.9 Å². The molecule has 1 aromatic carbocycles. The van der Waals surface area contributed by atoms with Crippen LogP contribution in [0.15, 0.2) is 36.8 Å². The number of hydrogen-bond donors (Lipinski definition) is 2. The minimum absolute atomic E-state index is 0.162. The molecule has 0 spiro atoms. The summed E-state index contributed by atoms with van der Waals surface area (Å²) in [7, 11) is 1.75. The zero-order valence-corrected chi connectivity index (χ0v) is 13.7. The molecule has 0 unspecified atom stereocenters. The van der Waals surface area contributed by atoms with E-state index in [0.29, 0.717) is 17.1 Å². The van der Waals surface area contributed by atoms with Gasteiger partial charge in [-0.2, -0.15) is 0 Å². The fourth-order valence-corrected chi connectivity index (χ4v) is 2.69. The lowest BCUT2D eigenvalue weighted by atomic mass is 10.1. The molecule has 24 heavy (non-hydrogen) atoms. The maximum Gasteiger partial charge on any atom is 0.256 e. The lowest BCUT2D eigenvalue weighted by Crippen LogP contribution is -2.36. The van der Waals surface area contributed by atoms with Crippen LogP contribution in [0.2, 0.25) is 0 Å². The maximum absolute atomic E-state index is 12.7. The predicted molar refractivity (Wildman–Crippen MR) is 92.1 cm³/mol. The van der Waals surface area contributed by atoms with Gasteiger partial charge in [-0.15, -0.1) is 0 Å². The molecule has 1 aromatic heterocycles. The SMILES string of the molecule is CNc1ncncc1NC(=O)c1ccccc1CN1CCOCC1. The lowest BCUT2D eigenvalue weighted by molar-refractivity contribution is 0.0341. The van der Waals surface area contributed by atoms with E-state index in [1.807, 2.05) is 24.3 Å². The van der Waals surface area contributed by atoms with Gasteiger partial charge in [0, 0.05) is 32.2 Å². The number of ether oxygens (including phenoxy) is 1. The fourth-order valence-electron chi connectivity index (χ4n) is 2.69. The number of hydrogen-bond acceptors (Lipinski definition) is 6. The van der Waals surface area contributed by atoms with Crippen LogP contribution >= 0.6 is 0 Å². The van der Waals surface area contributed by atoms with Crippen LogP contribution in [0.3, 0.4) is 0 Å². The summed E-state index contributed by atoms with van der Waals surface area (Å²) in [5.41, 5.74) is 2.22. The minimum Gasteiger partial charge on any atom is -0.379 e. The number of nitrogens with one attached hydrogen (secondary N) is 2. The third-order valence-electron chi connectivity index (χ3n) is 3.96. The molecule has 126 valence electrons. The van der Waals surface area contributed by atoms with Crippen LogP contribution in [-0.4, -0.2) is 54.1 Å². The Kier molecular flexibility index (Phi) is 5.35. The first kappa shape index (κ1) is 16.4. The Hall–Kier alpha value is -2.51. The average molecular weight is 327 g/mol. The quantitative estimate of drug-likeness (QED) is 0.868. The smallest absolute Gasteiger partial charge is 0.256 e. The van der Waals surface area contributed by atoms with Gasteiger partial charge in [0.2, 0.25) is 0 Å². The first-order chi connectivity index (χ1) is 11.8. The highest BCUT2D eigenvalue weighted by molar-refractivity contribution is 6.06. The van der Waals surface area contributed by atoms with E-state index >= 15 is 0 Å². The highest BCUT2D eigenvalue weighted by Gasteiger charge is 2.17. The molecular formula is C17H21N5O2. The van der Waals surface area contributed by atoms with Gasteiger partial charge < -0.3 is 15.4 Å². The van der Waals surface area contributed by atoms with Crippen molar-refractivity contribution in [2.45, 2.75) is 6.54 Å². The molecule has 0 saturated carbocycles. The molecule has 1 fully saturated rings. The van der Waals surface area contributed by atoms with Crippen LogP contribution in [0.4, 0.5) is 11.5 Å². The summed E-state index contributed by atoms with van der Waals surface area (Å²) < 4.78 is 5.38. The molecule has 7 nitrogen and oxygen atoms in total. The molecule has 1 aliphatic heterocycles. The van der Waals surface area contributed by atoms with E-state index < -0.39 is 0 Å². The number of carbonyl (C=O) groups is 1. The first-order valence-electron chi connectivity index (χ1n) is 7.95. The Bertz CT molecular complexity index is 701. The molecule has 2 heterocycles. The summed E-state index contributed by atoms with van der Waals surface area (Å²) in [6.45, 7) is 3.97. The molecular weight excluding hydrogens is 306 g/mol. The zero-order valence-electron chi connectivity index (χ0n) is 13.7. The van der Waals surface area contributed by atoms with E-state index in [-0.39, 0.29) is 5.91 Å². The van der Waals surface area contributed by atoms with E-state index in [4.69, 9.17) is 4.74 Å². The molecule has 1 saturated heterocycles. The second-order valence-electron chi connectivity index (χ2n) is 5.53. The van der Waals surface area contributed by atoms with Crippen LogP contribution in [0.1, 0.15) is 15.9 Å². The van der Waals surface area contributed by atoms with Gasteiger partial charge in [0.05, 0.1) is 19.4 Å². The topological polar surface area (TPSA) is 79.4 Å². The first-order valence-corrected chi connectivity index (χ1v) is 7.95. The van der Waals surface area contributed by atoms with Crippen molar-refractivity contribution in [3.05, 3.63) is 47.9 Å². The van der Waals surface area contributed by atoms with E-state index in [2.05, 4.69) is 25.5 Å². The maximum atomic E-state index is 12.7. The van der Waals surface area contributed by atoms with E-state index in [1.54, 1.807) is 13.2 Å². The van der Waals surface area contributed by atoms with Gasteiger partial charge in [-0.25, -0.2) is 9.97 Å². The summed E-state index contributed by atoms with van der Waals surface area (Å²) >= 11 is 0. The number of amides is 1. The summed E-state index contributed by atoms with van der Waals surface area (Å²) in [6, 6.07) is 7.66. The Morgan fingerprint density at radius 1 is 1.29 bits per heavy atom. The molecule has 2 aromatic rings. The molecule has 0 radical (unpaired) electrons. The molecule has 1 aliphatic rings. The van der Waals surface area contributed by atoms with Crippen molar-refractivity contribution < 1.29 is 9.53 Å². The number of nitrogens with zero attached hydrogens (tertiary/aromatic N) is 3. The summed E-state index contributed by atoms with van der Waals surface area (Å²) in [5, 5.41) is 5.83. The van der Waals surface area contributed by atoms with Crippen molar-refractivity contribution in [2.24, 2.45) is 0 Å². The second-order valence-corrected chi connectivity index (χ2v) is 5.53. The average Bonchev–Trinajstić information content (AvgIpc) is 2.63. The normalized spacial score (nSPS) is 15.0. The molecule has 7 heteroatoms. The van der Waals surface area contributed by atoms with Gasteiger partial charge in [-0.3, -0.25) is 9.69 Å². The Balaban J connectivity index is 1.77. The van der Waals surface area contributed by atoms with Gasteiger partial charge in [0.1, 0.15) is 12.0 Å². The number of anilines is 2. The highest BCUT2D eigenvalue weighted by Crippen LogP contribution is 2.19. The van der Waals surface area contributed by atoms with Crippen molar-refractivity contribution >= 4 is 17.4 Å². The summed E-state index contributed by atoms with van der Waals surface area (Å²) in [5.74, 6) is 0.425. The fraction of sp³-hybridized carbons (Fsp3) is 0.353. The Morgan fingerprint density at radius 2 is 2.08 bits per heavy atom. The van der Waals surface area contributed by atoms with Crippen LogP contribution in [0.25, 0.3) is 0 Å². The van der Waals surface area contributed by atoms with Crippen molar-refractivity contribution in [2.75, 3.05) is 44.0 Å². The predicted octanol–water partition coefficient (Wildman–Crippen LogP) is 1.60. The molecule has 2 N–H and O–H groups in total. The third kappa shape index (κ3) is 3.87. The zero-order chi connectivity index (χ0) is 16.8. The number of carbonyl (C=O) groups excluding carboxylic acids is 1. The number of morpholine rings is 1. The standard InChI is InChI=1S/C17H21N5O2/c1-18-16-15(10-19-12-20-16)21-17(23)14-5-3-2-4-13(14)11-22-6-8-24-9-7-22/h2-5,10,12H,6-9,11H2,1H3,(H,21,23)(H,18,19,20). The number of rotatable bonds is 5. The number of aromatic nitrogens is 2. The van der Waals surface area contributed by atoms with Crippen LogP contribution in [0, 0.1) is 0 Å². The van der Waals surface area contributed by atoms with Crippen molar-refractivity contribution in [3.63, 3.8) is 0 Å². The Labute approximate surface area is 141 Å². The second kappa shape index (κ2) is 7.85. The van der Waals surface area contributed by atoms with Gasteiger partial charge in [-0.1, -0.05) is 18.2 Å². The van der Waals surface area contributed by atoms with Crippen LogP contribution < -0.4 is 10.6 Å². The van der Waals surface area contributed by atoms with Crippen molar-refractivity contribution in [3.8, 4) is 0 Å². The van der Waals surface area contributed by atoms with E-state index in [1.165, 1.54) is 6.33 Å². The monoisotopic (exact) mass is 327 g/mol. The molecule has 0 aliphatic carbocycles. The van der Waals surface area contributed by atoms with E-state index in [0.717, 1.165) is 38.4 Å². The third-order valence-corrected chi connectivity index (χ3v) is 3.96. The summed E-state index contributed by atoms with van der Waals surface area (Å²) in [4.78, 5) is 23.1. The highest BCUT2D eigenvalue weighted by atomic mass is 16.5. The van der Waals surface area contributed by atoms with E-state index in [9.17, 15) is 4.79 Å². The van der Waals surface area contributed by atoms with Gasteiger partial charge in [0.15, 0.2) is 5.82 Å². The van der Waals surface area contributed by atoms with Crippen LogP contribution in [-0.2, 0) is 11.3 Å². The van der Waals surface area contributed by atoms with Gasteiger partial charge in [-0.05, 0) is 11.6 Å². The largest absolute Gasteiger partial charge is 0.379 e. The van der Waals surface area contributed by atoms with Crippen molar-refractivity contribution in [1.29, 1.82) is 0 Å². The Morgan fingerprint density at radius 3 is 2.88 bits per heavy atom. The van der Waals surface area contributed by atoms with Gasteiger partial charge >= 0.3 is 0 Å².